The first kappa shape index (κ1) is 18.6. The lowest BCUT2D eigenvalue weighted by Crippen LogP contribution is -2.44. The zero-order chi connectivity index (χ0) is 20.7. The molecule has 2 amide bonds. The van der Waals surface area contributed by atoms with Crippen molar-refractivity contribution < 1.29 is 9.59 Å². The van der Waals surface area contributed by atoms with Crippen LogP contribution in [0, 0.1) is 0 Å². The number of aromatic nitrogens is 4. The average Bonchev–Trinajstić information content (AvgIpc) is 3.30. The number of carbonyl (C=O) groups is 2. The van der Waals surface area contributed by atoms with E-state index in [-0.39, 0.29) is 17.9 Å². The van der Waals surface area contributed by atoms with Crippen LogP contribution in [0.5, 0.6) is 0 Å². The quantitative estimate of drug-likeness (QED) is 0.720. The fourth-order valence-corrected chi connectivity index (χ4v) is 4.11. The second-order valence-corrected chi connectivity index (χ2v) is 7.94. The lowest BCUT2D eigenvalue weighted by Gasteiger charge is -2.30. The number of imidazole rings is 1. The molecule has 0 unspecified atom stereocenters. The molecule has 5 rings (SSSR count). The number of hydrogen-bond donors (Lipinski definition) is 1. The van der Waals surface area contributed by atoms with Gasteiger partial charge < -0.3 is 14.8 Å². The Hall–Kier alpha value is -3.42. The number of hydrogen-bond acceptors (Lipinski definition) is 4. The number of nitrogens with zero attached hydrogens (tertiary/aromatic N) is 5. The third-order valence-corrected chi connectivity index (χ3v) is 5.94. The topological polar surface area (TPSA) is 85.0 Å². The Balaban J connectivity index is 1.31. The molecule has 8 nitrogen and oxygen atoms in total. The summed E-state index contributed by atoms with van der Waals surface area (Å²) in [5.74, 6) is 0.589. The summed E-state index contributed by atoms with van der Waals surface area (Å²) in [7, 11) is 1.70. The van der Waals surface area contributed by atoms with Crippen LogP contribution in [0.15, 0.2) is 42.7 Å². The van der Waals surface area contributed by atoms with Crippen molar-refractivity contribution in [3.63, 3.8) is 0 Å². The molecular formula is C22H24N6O2. The first-order valence-corrected chi connectivity index (χ1v) is 10.3. The molecule has 2 aromatic heterocycles. The molecule has 2 aliphatic rings. The SMILES string of the molecule is Cn1ncc(C(=O)N2CCC2)c1C(=O)N[C@@H]1CCn2cc(-c3ccccc3)nc2C1. The standard InChI is InChI=1S/C22H24N6O2/c1-26-20(17(13-23-26)22(30)27-9-5-10-27)21(29)24-16-8-11-28-14-18(25-19(28)12-16)15-6-3-2-4-7-15/h2-4,6-7,13-14,16H,5,8-12H2,1H3,(H,24,29)/t16-/m1/s1. The zero-order valence-corrected chi connectivity index (χ0v) is 16.9. The zero-order valence-electron chi connectivity index (χ0n) is 16.9. The highest BCUT2D eigenvalue weighted by molar-refractivity contribution is 6.06. The van der Waals surface area contributed by atoms with Gasteiger partial charge in [-0.15, -0.1) is 0 Å². The van der Waals surface area contributed by atoms with Gasteiger partial charge in [-0.25, -0.2) is 4.98 Å². The van der Waals surface area contributed by atoms with E-state index in [0.29, 0.717) is 17.7 Å². The maximum Gasteiger partial charge on any atom is 0.270 e. The Morgan fingerprint density at radius 3 is 2.67 bits per heavy atom. The van der Waals surface area contributed by atoms with Gasteiger partial charge in [-0.05, 0) is 12.8 Å². The number of rotatable bonds is 4. The molecule has 1 fully saturated rings. The molecule has 2 aliphatic heterocycles. The van der Waals surface area contributed by atoms with Crippen molar-refractivity contribution in [1.82, 2.24) is 29.5 Å². The van der Waals surface area contributed by atoms with Crippen LogP contribution < -0.4 is 5.32 Å². The summed E-state index contributed by atoms with van der Waals surface area (Å²) in [6.07, 6.45) is 6.05. The van der Waals surface area contributed by atoms with Crippen molar-refractivity contribution in [2.45, 2.75) is 31.8 Å². The van der Waals surface area contributed by atoms with E-state index in [0.717, 1.165) is 49.6 Å². The van der Waals surface area contributed by atoms with Crippen LogP contribution >= 0.6 is 0 Å². The monoisotopic (exact) mass is 404 g/mol. The minimum absolute atomic E-state index is 0.0297. The minimum atomic E-state index is -0.257. The summed E-state index contributed by atoms with van der Waals surface area (Å²) >= 11 is 0. The second-order valence-electron chi connectivity index (χ2n) is 7.94. The molecule has 0 bridgehead atoms. The molecule has 1 N–H and O–H groups in total. The largest absolute Gasteiger partial charge is 0.347 e. The van der Waals surface area contributed by atoms with Crippen LogP contribution in [0.2, 0.25) is 0 Å². The number of likely N-dealkylation sites (tertiary alicyclic amines) is 1. The first-order valence-electron chi connectivity index (χ1n) is 10.3. The van der Waals surface area contributed by atoms with Crippen LogP contribution in [-0.4, -0.2) is 55.2 Å². The van der Waals surface area contributed by atoms with E-state index in [9.17, 15) is 9.59 Å². The van der Waals surface area contributed by atoms with Crippen molar-refractivity contribution >= 4 is 11.8 Å². The predicted octanol–water partition coefficient (Wildman–Crippen LogP) is 1.87. The molecule has 1 atom stereocenters. The molecular weight excluding hydrogens is 380 g/mol. The summed E-state index contributed by atoms with van der Waals surface area (Å²) in [5.41, 5.74) is 2.74. The Bertz CT molecular complexity index is 1100. The smallest absolute Gasteiger partial charge is 0.270 e. The molecule has 154 valence electrons. The van der Waals surface area contributed by atoms with E-state index in [2.05, 4.69) is 21.2 Å². The average molecular weight is 404 g/mol. The van der Waals surface area contributed by atoms with Crippen molar-refractivity contribution in [2.24, 2.45) is 7.05 Å². The van der Waals surface area contributed by atoms with E-state index < -0.39 is 0 Å². The Labute approximate surface area is 174 Å². The summed E-state index contributed by atoms with van der Waals surface area (Å²) in [6.45, 7) is 2.28. The van der Waals surface area contributed by atoms with E-state index in [1.54, 1.807) is 11.9 Å². The summed E-state index contributed by atoms with van der Waals surface area (Å²) in [5, 5.41) is 7.26. The van der Waals surface area contributed by atoms with E-state index >= 15 is 0 Å². The number of fused-ring (bicyclic) bond motifs is 1. The van der Waals surface area contributed by atoms with Gasteiger partial charge in [0, 0.05) is 50.9 Å². The second kappa shape index (κ2) is 7.44. The molecule has 4 heterocycles. The van der Waals surface area contributed by atoms with E-state index in [1.165, 1.54) is 10.9 Å². The maximum atomic E-state index is 13.0. The van der Waals surface area contributed by atoms with Crippen LogP contribution in [0.25, 0.3) is 11.3 Å². The van der Waals surface area contributed by atoms with Crippen LogP contribution in [0.1, 0.15) is 39.5 Å². The highest BCUT2D eigenvalue weighted by atomic mass is 16.2. The number of benzene rings is 1. The van der Waals surface area contributed by atoms with Gasteiger partial charge in [0.2, 0.25) is 0 Å². The van der Waals surface area contributed by atoms with Crippen LogP contribution in [0.4, 0.5) is 0 Å². The minimum Gasteiger partial charge on any atom is -0.347 e. The van der Waals surface area contributed by atoms with E-state index in [4.69, 9.17) is 4.98 Å². The van der Waals surface area contributed by atoms with Gasteiger partial charge in [-0.1, -0.05) is 30.3 Å². The van der Waals surface area contributed by atoms with Crippen molar-refractivity contribution in [3.8, 4) is 11.3 Å². The van der Waals surface area contributed by atoms with Crippen LogP contribution in [0.3, 0.4) is 0 Å². The molecule has 0 aliphatic carbocycles. The van der Waals surface area contributed by atoms with Gasteiger partial charge in [0.15, 0.2) is 0 Å². The molecule has 0 saturated carbocycles. The summed E-state index contributed by atoms with van der Waals surface area (Å²) in [4.78, 5) is 32.2. The van der Waals surface area contributed by atoms with E-state index in [1.807, 2.05) is 30.3 Å². The normalized spacial score (nSPS) is 17.9. The molecule has 1 saturated heterocycles. The van der Waals surface area contributed by atoms with Gasteiger partial charge in [0.25, 0.3) is 11.8 Å². The lowest BCUT2D eigenvalue weighted by molar-refractivity contribution is 0.0646. The third-order valence-electron chi connectivity index (χ3n) is 5.94. The summed E-state index contributed by atoms with van der Waals surface area (Å²) in [6, 6.07) is 10.1. The van der Waals surface area contributed by atoms with Gasteiger partial charge in [0.05, 0.1) is 17.5 Å². The number of carbonyl (C=O) groups excluding carboxylic acids is 2. The fourth-order valence-electron chi connectivity index (χ4n) is 4.11. The number of amides is 2. The third kappa shape index (κ3) is 3.28. The lowest BCUT2D eigenvalue weighted by atomic mass is 10.1. The molecule has 0 spiro atoms. The molecule has 8 heteroatoms. The molecule has 0 radical (unpaired) electrons. The first-order chi connectivity index (χ1) is 14.6. The Kier molecular flexibility index (Phi) is 4.61. The summed E-state index contributed by atoms with van der Waals surface area (Å²) < 4.78 is 3.65. The van der Waals surface area contributed by atoms with Gasteiger partial charge in [-0.2, -0.15) is 5.10 Å². The van der Waals surface area contributed by atoms with Crippen molar-refractivity contribution in [1.29, 1.82) is 0 Å². The molecule has 3 aromatic rings. The van der Waals surface area contributed by atoms with Crippen molar-refractivity contribution in [3.05, 3.63) is 59.8 Å². The van der Waals surface area contributed by atoms with Gasteiger partial charge >= 0.3 is 0 Å². The van der Waals surface area contributed by atoms with Crippen molar-refractivity contribution in [2.75, 3.05) is 13.1 Å². The highest BCUT2D eigenvalue weighted by Gasteiger charge is 2.30. The van der Waals surface area contributed by atoms with Gasteiger partial charge in [0.1, 0.15) is 11.5 Å². The molecule has 30 heavy (non-hydrogen) atoms. The number of nitrogens with one attached hydrogen (secondary N) is 1. The Morgan fingerprint density at radius 1 is 1.13 bits per heavy atom. The fraction of sp³-hybridized carbons (Fsp3) is 0.364. The number of aryl methyl sites for hydroxylation is 2. The maximum absolute atomic E-state index is 13.0. The molecule has 1 aromatic carbocycles. The predicted molar refractivity (Wildman–Crippen MR) is 111 cm³/mol. The Morgan fingerprint density at radius 2 is 1.93 bits per heavy atom. The highest BCUT2D eigenvalue weighted by Crippen LogP contribution is 2.23. The van der Waals surface area contributed by atoms with Gasteiger partial charge in [-0.3, -0.25) is 14.3 Å². The van der Waals surface area contributed by atoms with Crippen LogP contribution in [-0.2, 0) is 20.0 Å².